The summed E-state index contributed by atoms with van der Waals surface area (Å²) < 4.78 is 24.7. The van der Waals surface area contributed by atoms with Crippen LogP contribution in [0.25, 0.3) is 0 Å². The number of rotatable bonds is 4. The lowest BCUT2D eigenvalue weighted by Gasteiger charge is -2.07. The van der Waals surface area contributed by atoms with Gasteiger partial charge in [-0.2, -0.15) is 0 Å². The highest BCUT2D eigenvalue weighted by atomic mass is 35.5. The maximum Gasteiger partial charge on any atom is 0.195 e. The molecule has 1 aromatic carbocycles. The van der Waals surface area contributed by atoms with E-state index in [0.29, 0.717) is 11.3 Å². The summed E-state index contributed by atoms with van der Waals surface area (Å²) in [4.78, 5) is 18.1. The van der Waals surface area contributed by atoms with Crippen molar-refractivity contribution in [2.75, 3.05) is 12.8 Å². The van der Waals surface area contributed by atoms with Crippen molar-refractivity contribution in [1.82, 2.24) is 4.58 Å². The van der Waals surface area contributed by atoms with Gasteiger partial charge >= 0.3 is 0 Å². The molecule has 112 valence electrons. The Hall–Kier alpha value is -1.37. The highest BCUT2D eigenvalue weighted by Crippen LogP contribution is 2.42. The molecule has 21 heavy (non-hydrogen) atoms. The molecule has 0 spiro atoms. The van der Waals surface area contributed by atoms with Gasteiger partial charge in [0.1, 0.15) is 5.76 Å². The molecule has 0 saturated heterocycles. The van der Waals surface area contributed by atoms with Crippen molar-refractivity contribution >= 4 is 27.4 Å². The molecule has 0 amide bonds. The monoisotopic (exact) mass is 327 g/mol. The molecular formula is C14H14ClNO4S. The minimum atomic E-state index is -3.47. The van der Waals surface area contributed by atoms with Crippen LogP contribution in [0, 0.1) is 5.92 Å². The van der Waals surface area contributed by atoms with Crippen molar-refractivity contribution in [3.8, 4) is 0 Å². The number of ketones is 1. The second-order valence-electron chi connectivity index (χ2n) is 5.28. The Kier molecular flexibility index (Phi) is 3.55. The summed E-state index contributed by atoms with van der Waals surface area (Å²) in [6.45, 7) is 0.157. The summed E-state index contributed by atoms with van der Waals surface area (Å²) in [5, 5.41) is 0. The van der Waals surface area contributed by atoms with Crippen molar-refractivity contribution in [2.45, 2.75) is 17.7 Å². The summed E-state index contributed by atoms with van der Waals surface area (Å²) in [5.41, 5.74) is 0.618. The molecule has 5 nitrogen and oxygen atoms in total. The average Bonchev–Trinajstić information content (AvgIpc) is 3.20. The molecular weight excluding hydrogens is 314 g/mol. The maximum atomic E-state index is 12.7. The lowest BCUT2D eigenvalue weighted by molar-refractivity contribution is -0.00914. The fourth-order valence-corrected chi connectivity index (χ4v) is 3.47. The first kappa shape index (κ1) is 14.6. The summed E-state index contributed by atoms with van der Waals surface area (Å²) in [7, 11) is -3.47. The second kappa shape index (κ2) is 5.12. The summed E-state index contributed by atoms with van der Waals surface area (Å²) in [5.74, 6) is 0.470. The first-order chi connectivity index (χ1) is 9.88. The Morgan fingerprint density at radius 2 is 2.00 bits per heavy atom. The Morgan fingerprint density at radius 1 is 1.33 bits per heavy atom. The fourth-order valence-electron chi connectivity index (χ4n) is 2.39. The van der Waals surface area contributed by atoms with Crippen LogP contribution in [-0.2, 0) is 14.7 Å². The SMILES string of the molecule is CS(=O)(=O)c1ccccc1C(=O)C1=C(C2CC2)ON(Cl)C1. The molecule has 0 aromatic heterocycles. The summed E-state index contributed by atoms with van der Waals surface area (Å²) >= 11 is 5.83. The largest absolute Gasteiger partial charge is 0.394 e. The van der Waals surface area contributed by atoms with Crippen LogP contribution in [0.5, 0.6) is 0 Å². The predicted molar refractivity (Wildman–Crippen MR) is 77.3 cm³/mol. The zero-order valence-corrected chi connectivity index (χ0v) is 12.9. The van der Waals surface area contributed by atoms with Gasteiger partial charge in [0.05, 0.1) is 17.0 Å². The maximum absolute atomic E-state index is 12.7. The van der Waals surface area contributed by atoms with Crippen LogP contribution >= 0.6 is 11.8 Å². The first-order valence-corrected chi connectivity index (χ1v) is 8.79. The van der Waals surface area contributed by atoms with Gasteiger partial charge in [-0.25, -0.2) is 8.42 Å². The Morgan fingerprint density at radius 3 is 2.62 bits per heavy atom. The number of sulfone groups is 1. The molecule has 1 aromatic rings. The second-order valence-corrected chi connectivity index (χ2v) is 7.64. The van der Waals surface area contributed by atoms with Crippen molar-refractivity contribution in [3.63, 3.8) is 0 Å². The minimum Gasteiger partial charge on any atom is -0.394 e. The van der Waals surface area contributed by atoms with Crippen molar-refractivity contribution in [1.29, 1.82) is 0 Å². The Bertz CT molecular complexity index is 737. The number of Topliss-reactive ketones (excluding diaryl/α,β-unsaturated/α-hetero) is 1. The highest BCUT2D eigenvalue weighted by molar-refractivity contribution is 7.90. The van der Waals surface area contributed by atoms with Crippen LogP contribution in [0.2, 0.25) is 0 Å². The van der Waals surface area contributed by atoms with Crippen LogP contribution in [-0.4, -0.2) is 31.6 Å². The van der Waals surface area contributed by atoms with E-state index in [0.717, 1.165) is 23.7 Å². The van der Waals surface area contributed by atoms with Gasteiger partial charge in [0.2, 0.25) is 0 Å². The summed E-state index contributed by atoms with van der Waals surface area (Å²) in [6.07, 6.45) is 3.02. The molecule has 0 atom stereocenters. The van der Waals surface area contributed by atoms with E-state index < -0.39 is 9.84 Å². The quantitative estimate of drug-likeness (QED) is 0.627. The molecule has 2 aliphatic rings. The third-order valence-corrected chi connectivity index (χ3v) is 4.87. The van der Waals surface area contributed by atoms with E-state index in [4.69, 9.17) is 16.6 Å². The zero-order chi connectivity index (χ0) is 15.2. The van der Waals surface area contributed by atoms with E-state index in [2.05, 4.69) is 0 Å². The number of allylic oxidation sites excluding steroid dienone is 1. The van der Waals surface area contributed by atoms with E-state index in [-0.39, 0.29) is 28.7 Å². The molecule has 0 N–H and O–H groups in total. The van der Waals surface area contributed by atoms with Crippen LogP contribution in [0.1, 0.15) is 23.2 Å². The smallest absolute Gasteiger partial charge is 0.195 e. The van der Waals surface area contributed by atoms with Crippen LogP contribution in [0.4, 0.5) is 0 Å². The van der Waals surface area contributed by atoms with Gasteiger partial charge in [-0.1, -0.05) is 12.1 Å². The van der Waals surface area contributed by atoms with E-state index in [9.17, 15) is 13.2 Å². The van der Waals surface area contributed by atoms with Gasteiger partial charge < -0.3 is 4.84 Å². The molecule has 3 rings (SSSR count). The predicted octanol–water partition coefficient (Wildman–Crippen LogP) is 2.34. The molecule has 1 fully saturated rings. The number of benzene rings is 1. The van der Waals surface area contributed by atoms with Crippen LogP contribution < -0.4 is 0 Å². The molecule has 1 heterocycles. The molecule has 1 aliphatic heterocycles. The Balaban J connectivity index is 2.05. The molecule has 0 radical (unpaired) electrons. The van der Waals surface area contributed by atoms with Crippen LogP contribution in [0.3, 0.4) is 0 Å². The van der Waals surface area contributed by atoms with Crippen molar-refractivity contribution in [2.24, 2.45) is 5.92 Å². The summed E-state index contributed by atoms with van der Waals surface area (Å²) in [6, 6.07) is 6.21. The number of hydrogen-bond acceptors (Lipinski definition) is 5. The van der Waals surface area contributed by atoms with Crippen molar-refractivity contribution < 1.29 is 18.0 Å². The van der Waals surface area contributed by atoms with Gasteiger partial charge in [0, 0.05) is 29.5 Å². The van der Waals surface area contributed by atoms with Gasteiger partial charge in [-0.3, -0.25) is 4.79 Å². The number of halogens is 1. The third-order valence-electron chi connectivity index (χ3n) is 3.53. The van der Waals surface area contributed by atoms with Gasteiger partial charge in [-0.15, -0.1) is 0 Å². The lowest BCUT2D eigenvalue weighted by atomic mass is 10.0. The molecule has 1 saturated carbocycles. The molecule has 0 bridgehead atoms. The minimum absolute atomic E-state index is 0.0330. The van der Waals surface area contributed by atoms with E-state index in [1.54, 1.807) is 12.1 Å². The normalized spacial score (nSPS) is 19.7. The number of carbonyl (C=O) groups is 1. The van der Waals surface area contributed by atoms with E-state index in [1.165, 1.54) is 12.1 Å². The number of hydrogen-bond donors (Lipinski definition) is 0. The molecule has 0 unspecified atom stereocenters. The van der Waals surface area contributed by atoms with Crippen molar-refractivity contribution in [3.05, 3.63) is 41.2 Å². The number of nitrogens with zero attached hydrogens (tertiary/aromatic N) is 1. The third kappa shape index (κ3) is 2.84. The van der Waals surface area contributed by atoms with Gasteiger partial charge in [0.25, 0.3) is 0 Å². The molecule has 7 heteroatoms. The number of hydroxylamine groups is 1. The first-order valence-electron chi connectivity index (χ1n) is 6.56. The lowest BCUT2D eigenvalue weighted by Crippen LogP contribution is -2.14. The Labute approximate surface area is 128 Å². The van der Waals surface area contributed by atoms with Crippen LogP contribution in [0.15, 0.2) is 40.5 Å². The number of carbonyl (C=O) groups excluding carboxylic acids is 1. The zero-order valence-electron chi connectivity index (χ0n) is 11.4. The highest BCUT2D eigenvalue weighted by Gasteiger charge is 2.39. The fraction of sp³-hybridized carbons (Fsp3) is 0.357. The van der Waals surface area contributed by atoms with Gasteiger partial charge in [-0.05, 0) is 29.6 Å². The van der Waals surface area contributed by atoms with Gasteiger partial charge in [0.15, 0.2) is 15.6 Å². The molecule has 1 aliphatic carbocycles. The van der Waals surface area contributed by atoms with E-state index >= 15 is 0 Å². The topological polar surface area (TPSA) is 63.7 Å². The average molecular weight is 328 g/mol. The van der Waals surface area contributed by atoms with E-state index in [1.807, 2.05) is 0 Å². The standard InChI is InChI=1S/C14H14ClNO4S/c1-21(18,19)12-5-3-2-4-10(12)13(17)11-8-16(15)20-14(11)9-6-7-9/h2-5,9H,6-8H2,1H3.